The van der Waals surface area contributed by atoms with Crippen molar-refractivity contribution in [2.24, 2.45) is 0 Å². The molecule has 0 aliphatic rings. The van der Waals surface area contributed by atoms with Gasteiger partial charge in [0.1, 0.15) is 0 Å². The lowest BCUT2D eigenvalue weighted by Crippen LogP contribution is -2.21. The summed E-state index contributed by atoms with van der Waals surface area (Å²) >= 11 is 1.21. The number of hydrogen-bond acceptors (Lipinski definition) is 7. The van der Waals surface area contributed by atoms with E-state index >= 15 is 0 Å². The number of anilines is 2. The van der Waals surface area contributed by atoms with Crippen molar-refractivity contribution in [3.8, 4) is 17.1 Å². The monoisotopic (exact) mass is 490 g/mol. The van der Waals surface area contributed by atoms with E-state index in [1.54, 1.807) is 0 Å². The van der Waals surface area contributed by atoms with Crippen LogP contribution in [0.1, 0.15) is 30.8 Å². The van der Waals surface area contributed by atoms with Crippen LogP contribution in [0.5, 0.6) is 0 Å². The first-order valence-corrected chi connectivity index (χ1v) is 12.6. The molecule has 1 amide bonds. The van der Waals surface area contributed by atoms with Gasteiger partial charge in [0.15, 0.2) is 0 Å². The normalized spacial score (nSPS) is 11.0. The molecule has 0 saturated carbocycles. The Balaban J connectivity index is 1.37. The predicted octanol–water partition coefficient (Wildman–Crippen LogP) is 5.42. The summed E-state index contributed by atoms with van der Waals surface area (Å²) in [5, 5.41) is 16.2. The summed E-state index contributed by atoms with van der Waals surface area (Å²) in [7, 11) is 0. The minimum atomic E-state index is -0.159. The number of benzene rings is 2. The molecule has 2 aromatic carbocycles. The minimum Gasteiger partial charge on any atom is -0.411 e. The molecule has 0 spiro atoms. The largest absolute Gasteiger partial charge is 0.411 e. The second-order valence-electron chi connectivity index (χ2n) is 8.22. The maximum atomic E-state index is 12.7. The number of hydrogen-bond donors (Lipinski definition) is 1. The highest BCUT2D eigenvalue weighted by Gasteiger charge is 2.17. The first-order chi connectivity index (χ1) is 16.9. The molecule has 0 aliphatic carbocycles. The van der Waals surface area contributed by atoms with E-state index in [1.165, 1.54) is 17.3 Å². The number of nitrogens with one attached hydrogen (secondary N) is 1. The van der Waals surface area contributed by atoms with E-state index in [4.69, 9.17) is 4.42 Å². The van der Waals surface area contributed by atoms with Crippen molar-refractivity contribution in [1.29, 1.82) is 0 Å². The summed E-state index contributed by atoms with van der Waals surface area (Å²) in [5.74, 6) is 0.426. The van der Waals surface area contributed by atoms with E-state index < -0.39 is 0 Å². The molecule has 4 rings (SSSR count). The Morgan fingerprint density at radius 2 is 1.69 bits per heavy atom. The highest BCUT2D eigenvalue weighted by atomic mass is 32.2. The van der Waals surface area contributed by atoms with Crippen LogP contribution in [0.4, 0.5) is 11.4 Å². The van der Waals surface area contributed by atoms with Gasteiger partial charge in [0.2, 0.25) is 11.8 Å². The van der Waals surface area contributed by atoms with Crippen LogP contribution in [0.25, 0.3) is 17.1 Å². The van der Waals surface area contributed by atoms with E-state index in [0.717, 1.165) is 47.1 Å². The summed E-state index contributed by atoms with van der Waals surface area (Å²) in [6.45, 7) is 12.0. The lowest BCUT2D eigenvalue weighted by atomic mass is 10.2. The van der Waals surface area contributed by atoms with Gasteiger partial charge in [0, 0.05) is 24.3 Å². The van der Waals surface area contributed by atoms with Gasteiger partial charge in [-0.1, -0.05) is 29.5 Å². The third-order valence-corrected chi connectivity index (χ3v) is 6.63. The van der Waals surface area contributed by atoms with Gasteiger partial charge in [-0.05, 0) is 71.0 Å². The number of rotatable bonds is 9. The van der Waals surface area contributed by atoms with Gasteiger partial charge in [-0.2, -0.15) is 5.10 Å². The zero-order chi connectivity index (χ0) is 24.9. The Kier molecular flexibility index (Phi) is 7.55. The molecule has 0 atom stereocenters. The van der Waals surface area contributed by atoms with E-state index in [9.17, 15) is 4.79 Å². The molecule has 2 heterocycles. The van der Waals surface area contributed by atoms with E-state index in [0.29, 0.717) is 11.1 Å². The van der Waals surface area contributed by atoms with Crippen molar-refractivity contribution >= 4 is 29.0 Å². The smallest absolute Gasteiger partial charge is 0.277 e. The van der Waals surface area contributed by atoms with Crippen molar-refractivity contribution in [1.82, 2.24) is 20.0 Å². The van der Waals surface area contributed by atoms with Gasteiger partial charge in [-0.25, -0.2) is 4.68 Å². The maximum absolute atomic E-state index is 12.7. The average molecular weight is 491 g/mol. The highest BCUT2D eigenvalue weighted by Crippen LogP contribution is 2.27. The summed E-state index contributed by atoms with van der Waals surface area (Å²) < 4.78 is 7.61. The number of carbonyl (C=O) groups is 1. The van der Waals surface area contributed by atoms with Crippen LogP contribution >= 0.6 is 11.8 Å². The van der Waals surface area contributed by atoms with E-state index in [2.05, 4.69) is 39.4 Å². The standard InChI is InChI=1S/C26H30N6O2S/c1-6-31(7-2)21-14-10-20(11-15-21)25-28-29-26(34-25)35-16-23(33)27-24-18(4)30-32(19(24)5)22-12-8-17(3)9-13-22/h8-15H,6-7,16H2,1-5H3,(H,27,33). The molecule has 35 heavy (non-hydrogen) atoms. The van der Waals surface area contributed by atoms with Crippen LogP contribution in [0, 0.1) is 20.8 Å². The van der Waals surface area contributed by atoms with E-state index in [1.807, 2.05) is 74.0 Å². The third-order valence-electron chi connectivity index (χ3n) is 5.81. The van der Waals surface area contributed by atoms with Crippen LogP contribution in [-0.2, 0) is 4.79 Å². The Morgan fingerprint density at radius 1 is 1.00 bits per heavy atom. The number of aryl methyl sites for hydroxylation is 2. The molecule has 0 aliphatic heterocycles. The van der Waals surface area contributed by atoms with Crippen molar-refractivity contribution in [3.63, 3.8) is 0 Å². The molecule has 0 radical (unpaired) electrons. The second-order valence-corrected chi connectivity index (χ2v) is 9.15. The van der Waals surface area contributed by atoms with Gasteiger partial charge in [0.25, 0.3) is 5.22 Å². The summed E-state index contributed by atoms with van der Waals surface area (Å²) in [6.07, 6.45) is 0. The molecule has 0 bridgehead atoms. The van der Waals surface area contributed by atoms with Gasteiger partial charge in [0.05, 0.1) is 28.5 Å². The maximum Gasteiger partial charge on any atom is 0.277 e. The molecule has 0 fully saturated rings. The van der Waals surface area contributed by atoms with Crippen molar-refractivity contribution in [2.45, 2.75) is 39.8 Å². The van der Waals surface area contributed by atoms with Crippen molar-refractivity contribution in [2.75, 3.05) is 29.1 Å². The number of aromatic nitrogens is 4. The molecular formula is C26H30N6O2S. The van der Waals surface area contributed by atoms with Gasteiger partial charge >= 0.3 is 0 Å². The first-order valence-electron chi connectivity index (χ1n) is 11.6. The molecule has 182 valence electrons. The highest BCUT2D eigenvalue weighted by molar-refractivity contribution is 7.99. The predicted molar refractivity (Wildman–Crippen MR) is 140 cm³/mol. The topological polar surface area (TPSA) is 89.1 Å². The Labute approximate surface area is 209 Å². The molecule has 8 nitrogen and oxygen atoms in total. The summed E-state index contributed by atoms with van der Waals surface area (Å²) in [6, 6.07) is 16.2. The number of thioether (sulfide) groups is 1. The minimum absolute atomic E-state index is 0.150. The van der Waals surface area contributed by atoms with Gasteiger partial charge in [-0.15, -0.1) is 10.2 Å². The number of nitrogens with zero attached hydrogens (tertiary/aromatic N) is 5. The summed E-state index contributed by atoms with van der Waals surface area (Å²) in [4.78, 5) is 14.9. The van der Waals surface area contributed by atoms with Gasteiger partial charge < -0.3 is 14.6 Å². The molecule has 9 heteroatoms. The van der Waals surface area contributed by atoms with Crippen LogP contribution < -0.4 is 10.2 Å². The Hall–Kier alpha value is -3.59. The Bertz CT molecular complexity index is 1290. The van der Waals surface area contributed by atoms with E-state index in [-0.39, 0.29) is 11.7 Å². The third kappa shape index (κ3) is 5.57. The average Bonchev–Trinajstić information content (AvgIpc) is 3.45. The van der Waals surface area contributed by atoms with Crippen molar-refractivity contribution in [3.05, 3.63) is 65.5 Å². The van der Waals surface area contributed by atoms with Crippen LogP contribution in [0.15, 0.2) is 58.2 Å². The first kappa shape index (κ1) is 24.5. The fourth-order valence-electron chi connectivity index (χ4n) is 3.85. The molecule has 0 unspecified atom stereocenters. The molecule has 4 aromatic rings. The number of carbonyl (C=O) groups excluding carboxylic acids is 1. The summed E-state index contributed by atoms with van der Waals surface area (Å²) in [5.41, 5.74) is 6.49. The lowest BCUT2D eigenvalue weighted by molar-refractivity contribution is -0.113. The zero-order valence-corrected chi connectivity index (χ0v) is 21.5. The Morgan fingerprint density at radius 3 is 2.34 bits per heavy atom. The van der Waals surface area contributed by atoms with Gasteiger partial charge in [-0.3, -0.25) is 4.79 Å². The fraction of sp³-hybridized carbons (Fsp3) is 0.308. The second kappa shape index (κ2) is 10.8. The molecule has 0 saturated heterocycles. The SMILES string of the molecule is CCN(CC)c1ccc(-c2nnc(SCC(=O)Nc3c(C)nn(-c4ccc(C)cc4)c3C)o2)cc1. The number of amides is 1. The fourth-order valence-corrected chi connectivity index (χ4v) is 4.42. The quantitative estimate of drug-likeness (QED) is 0.313. The lowest BCUT2D eigenvalue weighted by Gasteiger charge is -2.20. The zero-order valence-electron chi connectivity index (χ0n) is 20.7. The molecule has 2 aromatic heterocycles. The van der Waals surface area contributed by atoms with Crippen LogP contribution in [0.3, 0.4) is 0 Å². The molecule has 1 N–H and O–H groups in total. The van der Waals surface area contributed by atoms with Crippen LogP contribution in [-0.4, -0.2) is 44.7 Å². The van der Waals surface area contributed by atoms with Crippen molar-refractivity contribution < 1.29 is 9.21 Å². The van der Waals surface area contributed by atoms with Crippen LogP contribution in [0.2, 0.25) is 0 Å². The molecular weight excluding hydrogens is 460 g/mol.